The van der Waals surface area contributed by atoms with Crippen molar-refractivity contribution in [2.45, 2.75) is 26.3 Å². The molecule has 0 aromatic heterocycles. The highest BCUT2D eigenvalue weighted by Gasteiger charge is 2.18. The molecule has 2 N–H and O–H groups in total. The van der Waals surface area contributed by atoms with Crippen molar-refractivity contribution < 1.29 is 9.59 Å². The molecule has 0 aliphatic carbocycles. The number of carbonyl (C=O) groups excluding carboxylic acids is 2. The zero-order chi connectivity index (χ0) is 25.2. The Kier molecular flexibility index (Phi) is 9.26. The Morgan fingerprint density at radius 3 is 2.06 bits per heavy atom. The molecule has 4 rings (SSSR count). The molecule has 1 amide bonds. The minimum atomic E-state index is -0.921. The highest BCUT2D eigenvalue weighted by Crippen LogP contribution is 2.27. The van der Waals surface area contributed by atoms with Crippen LogP contribution in [0.2, 0.25) is 0 Å². The summed E-state index contributed by atoms with van der Waals surface area (Å²) >= 11 is 0. The predicted octanol–water partition coefficient (Wildman–Crippen LogP) is 4.68. The predicted molar refractivity (Wildman–Crippen MR) is 142 cm³/mol. The fourth-order valence-electron chi connectivity index (χ4n) is 4.16. The van der Waals surface area contributed by atoms with Crippen molar-refractivity contribution in [1.82, 2.24) is 0 Å². The van der Waals surface area contributed by atoms with Gasteiger partial charge in [0.15, 0.2) is 0 Å². The van der Waals surface area contributed by atoms with E-state index in [0.717, 1.165) is 60.5 Å². The molecule has 0 spiro atoms. The Balaban J connectivity index is 0.00000167. The summed E-state index contributed by atoms with van der Waals surface area (Å²) in [6.07, 6.45) is 1.13. The first-order chi connectivity index (χ1) is 17.1. The van der Waals surface area contributed by atoms with Crippen molar-refractivity contribution in [3.63, 3.8) is 0 Å². The molecule has 0 bridgehead atoms. The molecule has 1 unspecified atom stereocenters. The highest BCUT2D eigenvalue weighted by molar-refractivity contribution is 5.82. The van der Waals surface area contributed by atoms with E-state index in [-0.39, 0.29) is 6.42 Å². The van der Waals surface area contributed by atoms with Crippen molar-refractivity contribution in [2.24, 2.45) is 10.9 Å². The molecule has 35 heavy (non-hydrogen) atoms. The van der Waals surface area contributed by atoms with E-state index in [9.17, 15) is 14.5 Å². The number of carbonyl (C=O) groups is 2. The molecule has 1 fully saturated rings. The molecule has 7 nitrogen and oxygen atoms in total. The first-order valence-electron chi connectivity index (χ1n) is 11.9. The molecule has 1 aliphatic heterocycles. The number of rotatable bonds is 7. The van der Waals surface area contributed by atoms with Crippen LogP contribution in [-0.2, 0) is 11.2 Å². The number of benzene rings is 3. The maximum atomic E-state index is 11.4. The molecule has 1 saturated heterocycles. The summed E-state index contributed by atoms with van der Waals surface area (Å²) in [6, 6.07) is 23.0. The van der Waals surface area contributed by atoms with Crippen LogP contribution in [0, 0.1) is 4.91 Å². The maximum Gasteiger partial charge on any atom is 0.303 e. The van der Waals surface area contributed by atoms with Crippen LogP contribution in [0.15, 0.2) is 78.0 Å². The lowest BCUT2D eigenvalue weighted by molar-refractivity contribution is -0.119. The Hall–Kier alpha value is -3.84. The van der Waals surface area contributed by atoms with Crippen molar-refractivity contribution >= 4 is 23.6 Å². The number of hydrogen-bond donors (Lipinski definition) is 1. The summed E-state index contributed by atoms with van der Waals surface area (Å²) in [4.78, 5) is 37.4. The number of nitroso groups, excluding NO2 is 1. The number of nitrogens with two attached hydrogens (primary N) is 1. The van der Waals surface area contributed by atoms with Crippen LogP contribution >= 0.6 is 0 Å². The molecule has 3 aromatic rings. The number of aldehydes is 1. The van der Waals surface area contributed by atoms with Gasteiger partial charge < -0.3 is 15.5 Å². The average molecular weight is 473 g/mol. The van der Waals surface area contributed by atoms with Gasteiger partial charge in [-0.3, -0.25) is 9.59 Å². The third kappa shape index (κ3) is 6.61. The van der Waals surface area contributed by atoms with E-state index in [2.05, 4.69) is 33.2 Å². The first-order valence-corrected chi connectivity index (χ1v) is 11.9. The number of piperazine rings is 1. The first kappa shape index (κ1) is 25.8. The van der Waals surface area contributed by atoms with E-state index < -0.39 is 11.9 Å². The van der Waals surface area contributed by atoms with Gasteiger partial charge in [-0.1, -0.05) is 50.2 Å². The molecule has 1 atom stereocenters. The van der Waals surface area contributed by atoms with E-state index in [4.69, 9.17) is 5.73 Å². The average Bonchev–Trinajstić information content (AvgIpc) is 2.94. The van der Waals surface area contributed by atoms with Gasteiger partial charge in [-0.25, -0.2) is 0 Å². The maximum absolute atomic E-state index is 11.4. The van der Waals surface area contributed by atoms with Crippen molar-refractivity contribution in [3.05, 3.63) is 88.8 Å². The zero-order valence-corrected chi connectivity index (χ0v) is 20.3. The minimum Gasteiger partial charge on any atom is -0.368 e. The van der Waals surface area contributed by atoms with Gasteiger partial charge in [0.2, 0.25) is 0 Å². The smallest absolute Gasteiger partial charge is 0.303 e. The van der Waals surface area contributed by atoms with Gasteiger partial charge in [0, 0.05) is 48.3 Å². The quantitative estimate of drug-likeness (QED) is 0.396. The molecule has 3 aromatic carbocycles. The molecule has 1 aliphatic rings. The van der Waals surface area contributed by atoms with E-state index in [1.165, 1.54) is 0 Å². The van der Waals surface area contributed by atoms with Crippen molar-refractivity contribution in [2.75, 3.05) is 36.0 Å². The second-order valence-corrected chi connectivity index (χ2v) is 8.17. The summed E-state index contributed by atoms with van der Waals surface area (Å²) in [6.45, 7) is 7.59. The zero-order valence-electron chi connectivity index (χ0n) is 20.3. The van der Waals surface area contributed by atoms with E-state index in [1.807, 2.05) is 68.4 Å². The van der Waals surface area contributed by atoms with Gasteiger partial charge in [0.05, 0.1) is 6.04 Å². The molecule has 1 heterocycles. The van der Waals surface area contributed by atoms with Crippen LogP contribution in [0.4, 0.5) is 11.4 Å². The van der Waals surface area contributed by atoms with Crippen LogP contribution in [0.5, 0.6) is 0 Å². The molecule has 0 radical (unpaired) electrons. The minimum absolute atomic E-state index is 0.272. The molecule has 182 valence electrons. The SMILES string of the molecule is CC.NC(Cc1cccc(-c2cccc(N3CCN(c4ccc(C=O)cc4)CC3)c2)c1)C(=O)N=O. The fourth-order valence-corrected chi connectivity index (χ4v) is 4.16. The Labute approximate surface area is 206 Å². The molecular weight excluding hydrogens is 440 g/mol. The normalized spacial score (nSPS) is 13.9. The topological polar surface area (TPSA) is 96.1 Å². The molecular formula is C28H32N4O3. The monoisotopic (exact) mass is 472 g/mol. The van der Waals surface area contributed by atoms with Gasteiger partial charge in [0.25, 0.3) is 0 Å². The summed E-state index contributed by atoms with van der Waals surface area (Å²) in [5, 5.41) is 2.42. The van der Waals surface area contributed by atoms with Crippen LogP contribution in [0.3, 0.4) is 0 Å². The van der Waals surface area contributed by atoms with E-state index in [0.29, 0.717) is 5.56 Å². The van der Waals surface area contributed by atoms with Gasteiger partial charge in [0.1, 0.15) is 6.29 Å². The Morgan fingerprint density at radius 2 is 1.46 bits per heavy atom. The second kappa shape index (κ2) is 12.6. The van der Waals surface area contributed by atoms with Crippen molar-refractivity contribution in [3.8, 4) is 11.1 Å². The van der Waals surface area contributed by atoms with Gasteiger partial charge in [-0.05, 0) is 59.5 Å². The van der Waals surface area contributed by atoms with Crippen LogP contribution in [0.1, 0.15) is 29.8 Å². The van der Waals surface area contributed by atoms with E-state index in [1.54, 1.807) is 0 Å². The van der Waals surface area contributed by atoms with Gasteiger partial charge in [-0.2, -0.15) is 0 Å². The summed E-state index contributed by atoms with van der Waals surface area (Å²) in [5.74, 6) is -0.832. The van der Waals surface area contributed by atoms with Gasteiger partial charge >= 0.3 is 5.91 Å². The van der Waals surface area contributed by atoms with Crippen LogP contribution in [-0.4, -0.2) is 44.4 Å². The Morgan fingerprint density at radius 1 is 0.886 bits per heavy atom. The molecule has 0 saturated carbocycles. The highest BCUT2D eigenvalue weighted by atomic mass is 16.3. The van der Waals surface area contributed by atoms with Crippen molar-refractivity contribution in [1.29, 1.82) is 0 Å². The third-order valence-corrected chi connectivity index (χ3v) is 6.01. The summed E-state index contributed by atoms with van der Waals surface area (Å²) in [5.41, 5.74) is 11.7. The molecule has 7 heteroatoms. The lowest BCUT2D eigenvalue weighted by Crippen LogP contribution is -2.46. The standard InChI is InChI=1S/C26H26N4O3.C2H6/c27-25(26(32)28-33)16-20-3-1-4-21(15-20)22-5-2-6-24(17-22)30-13-11-29(12-14-30)23-9-7-19(18-31)8-10-23;1-2/h1-10,15,17-18,25H,11-14,16,27H2;1-2H3. The number of nitrogens with zero attached hydrogens (tertiary/aromatic N) is 3. The third-order valence-electron chi connectivity index (χ3n) is 6.01. The summed E-state index contributed by atoms with van der Waals surface area (Å²) in [7, 11) is 0. The number of anilines is 2. The Bertz CT molecular complexity index is 1140. The van der Waals surface area contributed by atoms with E-state index >= 15 is 0 Å². The van der Waals surface area contributed by atoms with Crippen LogP contribution < -0.4 is 15.5 Å². The largest absolute Gasteiger partial charge is 0.368 e. The number of amides is 1. The lowest BCUT2D eigenvalue weighted by atomic mass is 9.99. The summed E-state index contributed by atoms with van der Waals surface area (Å²) < 4.78 is 0. The van der Waals surface area contributed by atoms with Gasteiger partial charge in [-0.15, -0.1) is 4.91 Å². The fraction of sp³-hybridized carbons (Fsp3) is 0.286. The van der Waals surface area contributed by atoms with Crippen LogP contribution in [0.25, 0.3) is 11.1 Å². The lowest BCUT2D eigenvalue weighted by Gasteiger charge is -2.37. The number of hydrogen-bond acceptors (Lipinski definition) is 6. The second-order valence-electron chi connectivity index (χ2n) is 8.17.